The summed E-state index contributed by atoms with van der Waals surface area (Å²) >= 11 is 0. The molecular weight excluding hydrogens is 276 g/mol. The quantitative estimate of drug-likeness (QED) is 0.679. The third-order valence-electron chi connectivity index (χ3n) is 3.00. The van der Waals surface area contributed by atoms with Gasteiger partial charge in [-0.15, -0.1) is 0 Å². The first kappa shape index (κ1) is 14.4. The lowest BCUT2D eigenvalue weighted by atomic mass is 10.0. The second-order valence-electron chi connectivity index (χ2n) is 4.41. The van der Waals surface area contributed by atoms with Crippen molar-refractivity contribution < 1.29 is 17.8 Å². The van der Waals surface area contributed by atoms with Gasteiger partial charge in [-0.25, -0.2) is 0 Å². The maximum absolute atomic E-state index is 12.1. The lowest BCUT2D eigenvalue weighted by Gasteiger charge is -2.13. The summed E-state index contributed by atoms with van der Waals surface area (Å²) in [6.45, 7) is 0. The molecule has 5 heteroatoms. The first-order chi connectivity index (χ1) is 9.48. The number of rotatable bonds is 5. The van der Waals surface area contributed by atoms with Crippen LogP contribution < -0.4 is 0 Å². The van der Waals surface area contributed by atoms with E-state index >= 15 is 0 Å². The van der Waals surface area contributed by atoms with Crippen LogP contribution in [0.1, 0.15) is 27.6 Å². The van der Waals surface area contributed by atoms with Crippen LogP contribution in [0.15, 0.2) is 60.7 Å². The molecule has 2 aromatic carbocycles. The minimum absolute atomic E-state index is 0.285. The second-order valence-corrected chi connectivity index (χ2v) is 6.01. The van der Waals surface area contributed by atoms with E-state index in [0.717, 1.165) is 0 Å². The minimum atomic E-state index is -4.34. The zero-order valence-electron chi connectivity index (χ0n) is 10.6. The smallest absolute Gasteiger partial charge is 0.272 e. The Morgan fingerprint density at radius 2 is 1.45 bits per heavy atom. The predicted molar refractivity (Wildman–Crippen MR) is 76.1 cm³/mol. The molecule has 0 heterocycles. The van der Waals surface area contributed by atoms with Gasteiger partial charge < -0.3 is 0 Å². The molecule has 0 amide bonds. The highest BCUT2D eigenvalue weighted by atomic mass is 32.2. The van der Waals surface area contributed by atoms with E-state index in [-0.39, 0.29) is 12.2 Å². The first-order valence-corrected chi connectivity index (χ1v) is 7.58. The molecule has 0 bridgehead atoms. The highest BCUT2D eigenvalue weighted by Gasteiger charge is 2.28. The molecule has 4 nitrogen and oxygen atoms in total. The maximum Gasteiger partial charge on any atom is 0.272 e. The fourth-order valence-electron chi connectivity index (χ4n) is 1.97. The van der Waals surface area contributed by atoms with E-state index in [1.54, 1.807) is 60.7 Å². The zero-order chi connectivity index (χ0) is 14.6. The number of benzene rings is 2. The Labute approximate surface area is 117 Å². The van der Waals surface area contributed by atoms with E-state index in [4.69, 9.17) is 0 Å². The summed E-state index contributed by atoms with van der Waals surface area (Å²) in [6.07, 6.45) is -0.285. The number of carbonyl (C=O) groups excluding carboxylic acids is 1. The summed E-state index contributed by atoms with van der Waals surface area (Å²) in [7, 11) is -4.34. The van der Waals surface area contributed by atoms with Crippen LogP contribution in [0, 0.1) is 0 Å². The van der Waals surface area contributed by atoms with E-state index in [0.29, 0.717) is 11.1 Å². The predicted octanol–water partition coefficient (Wildman–Crippen LogP) is 2.89. The third-order valence-corrected chi connectivity index (χ3v) is 4.16. The van der Waals surface area contributed by atoms with E-state index in [1.165, 1.54) is 0 Å². The third kappa shape index (κ3) is 3.53. The van der Waals surface area contributed by atoms with Gasteiger partial charge in [-0.2, -0.15) is 8.42 Å². The molecule has 1 N–H and O–H groups in total. The molecule has 2 rings (SSSR count). The fourth-order valence-corrected chi connectivity index (χ4v) is 2.84. The number of hydrogen-bond donors (Lipinski definition) is 1. The highest BCUT2D eigenvalue weighted by Crippen LogP contribution is 2.26. The van der Waals surface area contributed by atoms with Crippen molar-refractivity contribution in [2.45, 2.75) is 11.7 Å². The SMILES string of the molecule is O=C(C[C@H](c1ccccc1)S(=O)(=O)O)c1ccccc1. The molecule has 2 aromatic rings. The van der Waals surface area contributed by atoms with Crippen LogP contribution in [0.25, 0.3) is 0 Å². The Balaban J connectivity index is 2.29. The molecule has 0 saturated carbocycles. The van der Waals surface area contributed by atoms with Crippen LogP contribution in [-0.4, -0.2) is 18.8 Å². The maximum atomic E-state index is 12.1. The van der Waals surface area contributed by atoms with Crippen molar-refractivity contribution in [3.8, 4) is 0 Å². The van der Waals surface area contributed by atoms with E-state index in [2.05, 4.69) is 0 Å². The van der Waals surface area contributed by atoms with Crippen LogP contribution in [-0.2, 0) is 10.1 Å². The van der Waals surface area contributed by atoms with Crippen LogP contribution in [0.3, 0.4) is 0 Å². The van der Waals surface area contributed by atoms with Gasteiger partial charge in [0, 0.05) is 12.0 Å². The molecule has 0 aliphatic rings. The standard InChI is InChI=1S/C15H14O4S/c16-14(12-7-3-1-4-8-12)11-15(20(17,18)19)13-9-5-2-6-10-13/h1-10,15H,11H2,(H,17,18,19)/t15-/m1/s1. The number of carbonyl (C=O) groups is 1. The molecule has 0 saturated heterocycles. The Kier molecular flexibility index (Phi) is 4.32. The Bertz CT molecular complexity index is 678. The highest BCUT2D eigenvalue weighted by molar-refractivity contribution is 7.86. The van der Waals surface area contributed by atoms with Crippen molar-refractivity contribution in [3.63, 3.8) is 0 Å². The lowest BCUT2D eigenvalue weighted by molar-refractivity contribution is 0.0979. The van der Waals surface area contributed by atoms with Gasteiger partial charge in [-0.05, 0) is 5.56 Å². The van der Waals surface area contributed by atoms with Gasteiger partial charge in [0.25, 0.3) is 10.1 Å². The van der Waals surface area contributed by atoms with Crippen molar-refractivity contribution in [3.05, 3.63) is 71.8 Å². The number of ketones is 1. The second kappa shape index (κ2) is 5.98. The summed E-state index contributed by atoms with van der Waals surface area (Å²) in [5.41, 5.74) is 0.830. The van der Waals surface area contributed by atoms with Gasteiger partial charge in [-0.3, -0.25) is 9.35 Å². The molecule has 0 aliphatic heterocycles. The summed E-state index contributed by atoms with van der Waals surface area (Å²) in [6, 6.07) is 16.7. The number of hydrogen-bond acceptors (Lipinski definition) is 3. The zero-order valence-corrected chi connectivity index (χ0v) is 11.5. The van der Waals surface area contributed by atoms with Crippen molar-refractivity contribution in [2.24, 2.45) is 0 Å². The fraction of sp³-hybridized carbons (Fsp3) is 0.133. The summed E-state index contributed by atoms with van der Waals surface area (Å²) in [5.74, 6) is -0.322. The Hall–Kier alpha value is -1.98. The molecular formula is C15H14O4S. The van der Waals surface area contributed by atoms with E-state index < -0.39 is 15.4 Å². The molecule has 20 heavy (non-hydrogen) atoms. The Morgan fingerprint density at radius 1 is 0.950 bits per heavy atom. The van der Waals surface area contributed by atoms with Gasteiger partial charge in [0.2, 0.25) is 0 Å². The van der Waals surface area contributed by atoms with Crippen molar-refractivity contribution >= 4 is 15.9 Å². The van der Waals surface area contributed by atoms with Crippen LogP contribution in [0.2, 0.25) is 0 Å². The number of Topliss-reactive ketones (excluding diaryl/α,β-unsaturated/α-hetero) is 1. The molecule has 0 radical (unpaired) electrons. The van der Waals surface area contributed by atoms with Crippen molar-refractivity contribution in [1.82, 2.24) is 0 Å². The molecule has 0 spiro atoms. The van der Waals surface area contributed by atoms with Gasteiger partial charge in [0.1, 0.15) is 5.25 Å². The minimum Gasteiger partial charge on any atom is -0.294 e. The van der Waals surface area contributed by atoms with Gasteiger partial charge in [0.05, 0.1) is 0 Å². The van der Waals surface area contributed by atoms with E-state index in [1.807, 2.05) is 0 Å². The van der Waals surface area contributed by atoms with Gasteiger partial charge in [-0.1, -0.05) is 60.7 Å². The van der Waals surface area contributed by atoms with Crippen LogP contribution >= 0.6 is 0 Å². The van der Waals surface area contributed by atoms with Crippen molar-refractivity contribution in [2.75, 3.05) is 0 Å². The van der Waals surface area contributed by atoms with Crippen molar-refractivity contribution in [1.29, 1.82) is 0 Å². The summed E-state index contributed by atoms with van der Waals surface area (Å²) < 4.78 is 32.4. The van der Waals surface area contributed by atoms with E-state index in [9.17, 15) is 17.8 Å². The molecule has 1 atom stereocenters. The average molecular weight is 290 g/mol. The summed E-state index contributed by atoms with van der Waals surface area (Å²) in [4.78, 5) is 12.1. The molecule has 104 valence electrons. The van der Waals surface area contributed by atoms with Crippen LogP contribution in [0.5, 0.6) is 0 Å². The van der Waals surface area contributed by atoms with Crippen LogP contribution in [0.4, 0.5) is 0 Å². The lowest BCUT2D eigenvalue weighted by Crippen LogP contribution is -2.16. The summed E-state index contributed by atoms with van der Waals surface area (Å²) in [5, 5.41) is -1.24. The topological polar surface area (TPSA) is 71.4 Å². The van der Waals surface area contributed by atoms with Gasteiger partial charge >= 0.3 is 0 Å². The molecule has 0 fully saturated rings. The van der Waals surface area contributed by atoms with Gasteiger partial charge in [0.15, 0.2) is 5.78 Å². The molecule has 0 unspecified atom stereocenters. The molecule has 0 aliphatic carbocycles. The molecule has 0 aromatic heterocycles. The first-order valence-electron chi connectivity index (χ1n) is 6.08. The normalized spacial score (nSPS) is 12.8. The largest absolute Gasteiger partial charge is 0.294 e. The monoisotopic (exact) mass is 290 g/mol. The Morgan fingerprint density at radius 3 is 1.95 bits per heavy atom. The average Bonchev–Trinajstić information content (AvgIpc) is 2.45.